The minimum Gasteiger partial charge on any atom is -0.467 e. The Labute approximate surface area is 130 Å². The molecule has 22 heavy (non-hydrogen) atoms. The quantitative estimate of drug-likeness (QED) is 0.871. The lowest BCUT2D eigenvalue weighted by molar-refractivity contribution is -0.135. The zero-order valence-corrected chi connectivity index (χ0v) is 12.8. The third-order valence-electron chi connectivity index (χ3n) is 5.81. The van der Waals surface area contributed by atoms with Gasteiger partial charge in [0.1, 0.15) is 5.76 Å². The van der Waals surface area contributed by atoms with Crippen molar-refractivity contribution in [3.8, 4) is 0 Å². The molecule has 1 aromatic rings. The van der Waals surface area contributed by atoms with E-state index < -0.39 is 0 Å². The molecular formula is C17H24N2O3. The fourth-order valence-electron chi connectivity index (χ4n) is 4.87. The van der Waals surface area contributed by atoms with Crippen molar-refractivity contribution in [2.45, 2.75) is 50.8 Å². The summed E-state index contributed by atoms with van der Waals surface area (Å²) in [6, 6.07) is 4.16. The fourth-order valence-corrected chi connectivity index (χ4v) is 4.87. The van der Waals surface area contributed by atoms with Gasteiger partial charge >= 0.3 is 0 Å². The van der Waals surface area contributed by atoms with E-state index in [1.54, 1.807) is 6.26 Å². The lowest BCUT2D eigenvalue weighted by atomic mass is 9.54. The maximum atomic E-state index is 12.0. The van der Waals surface area contributed by atoms with Crippen LogP contribution in [-0.2, 0) is 16.1 Å². The molecule has 5 heteroatoms. The summed E-state index contributed by atoms with van der Waals surface area (Å²) < 4.78 is 11.2. The molecule has 4 rings (SSSR count). The second-order valence-electron chi connectivity index (χ2n) is 6.90. The van der Waals surface area contributed by atoms with E-state index in [0.29, 0.717) is 36.6 Å². The van der Waals surface area contributed by atoms with Crippen molar-refractivity contribution in [2.75, 3.05) is 13.2 Å². The largest absolute Gasteiger partial charge is 0.467 e. The Bertz CT molecular complexity index is 522. The second kappa shape index (κ2) is 5.70. The molecule has 3 atom stereocenters. The van der Waals surface area contributed by atoms with Gasteiger partial charge in [-0.1, -0.05) is 12.8 Å². The number of fused-ring (bicyclic) bond motifs is 2. The van der Waals surface area contributed by atoms with E-state index in [4.69, 9.17) is 9.15 Å². The van der Waals surface area contributed by atoms with Gasteiger partial charge in [-0.2, -0.15) is 0 Å². The zero-order chi connectivity index (χ0) is 15.0. The number of ether oxygens (including phenoxy) is 1. The number of nitrogens with one attached hydrogen (secondary N) is 2. The lowest BCUT2D eigenvalue weighted by Crippen LogP contribution is -2.68. The number of rotatable bonds is 5. The molecule has 2 saturated carbocycles. The maximum absolute atomic E-state index is 12.0. The highest BCUT2D eigenvalue weighted by molar-refractivity contribution is 5.78. The first kappa shape index (κ1) is 14.3. The first-order valence-corrected chi connectivity index (χ1v) is 8.44. The van der Waals surface area contributed by atoms with Gasteiger partial charge < -0.3 is 19.8 Å². The third-order valence-corrected chi connectivity index (χ3v) is 5.81. The van der Waals surface area contributed by atoms with Gasteiger partial charge in [0.15, 0.2) is 0 Å². The molecule has 1 amide bonds. The summed E-state index contributed by atoms with van der Waals surface area (Å²) in [7, 11) is 0. The average molecular weight is 304 g/mol. The van der Waals surface area contributed by atoms with Gasteiger partial charge in [-0.15, -0.1) is 0 Å². The Morgan fingerprint density at radius 1 is 1.36 bits per heavy atom. The van der Waals surface area contributed by atoms with Gasteiger partial charge in [0.25, 0.3) is 0 Å². The molecule has 0 unspecified atom stereocenters. The normalized spacial score (nSPS) is 31.9. The van der Waals surface area contributed by atoms with Crippen LogP contribution in [0.4, 0.5) is 0 Å². The van der Waals surface area contributed by atoms with Gasteiger partial charge in [-0.3, -0.25) is 4.79 Å². The third kappa shape index (κ3) is 2.27. The second-order valence-corrected chi connectivity index (χ2v) is 6.90. The Hall–Kier alpha value is -1.33. The van der Waals surface area contributed by atoms with Crippen LogP contribution in [-0.4, -0.2) is 31.2 Å². The smallest absolute Gasteiger partial charge is 0.234 e. The van der Waals surface area contributed by atoms with Crippen LogP contribution in [0.5, 0.6) is 0 Å². The molecule has 2 N–H and O–H groups in total. The first-order chi connectivity index (χ1) is 10.8. The van der Waals surface area contributed by atoms with Gasteiger partial charge in [0, 0.05) is 24.0 Å². The predicted molar refractivity (Wildman–Crippen MR) is 81.1 cm³/mol. The molecule has 2 aliphatic carbocycles. The predicted octanol–water partition coefficient (Wildman–Crippen LogP) is 1.83. The van der Waals surface area contributed by atoms with E-state index in [9.17, 15) is 4.79 Å². The topological polar surface area (TPSA) is 63.5 Å². The molecule has 5 nitrogen and oxygen atoms in total. The van der Waals surface area contributed by atoms with E-state index in [-0.39, 0.29) is 5.91 Å². The summed E-state index contributed by atoms with van der Waals surface area (Å²) in [6.07, 6.45) is 8.31. The molecule has 0 bridgehead atoms. The summed E-state index contributed by atoms with van der Waals surface area (Å²) in [5, 5.41) is 6.43. The monoisotopic (exact) mass is 304 g/mol. The van der Waals surface area contributed by atoms with E-state index in [2.05, 4.69) is 10.6 Å². The average Bonchev–Trinajstić information content (AvgIpc) is 3.25. The molecule has 3 fully saturated rings. The summed E-state index contributed by atoms with van der Waals surface area (Å²) in [4.78, 5) is 12.0. The van der Waals surface area contributed by atoms with Gasteiger partial charge in [0.2, 0.25) is 5.91 Å². The van der Waals surface area contributed by atoms with Crippen LogP contribution < -0.4 is 10.6 Å². The van der Waals surface area contributed by atoms with Crippen LogP contribution >= 0.6 is 0 Å². The van der Waals surface area contributed by atoms with Crippen LogP contribution in [0.25, 0.3) is 0 Å². The number of carbonyl (C=O) groups excluding carboxylic acids is 1. The van der Waals surface area contributed by atoms with Crippen LogP contribution in [0.15, 0.2) is 22.8 Å². The molecule has 3 aliphatic rings. The Kier molecular flexibility index (Phi) is 3.70. The molecule has 1 aliphatic heterocycles. The summed E-state index contributed by atoms with van der Waals surface area (Å²) in [5.41, 5.74) is 0.308. The molecule has 1 spiro atoms. The minimum atomic E-state index is 0.0342. The molecule has 1 aromatic heterocycles. The number of hydrogen-bond acceptors (Lipinski definition) is 4. The summed E-state index contributed by atoms with van der Waals surface area (Å²) in [6.45, 7) is 1.73. The van der Waals surface area contributed by atoms with Crippen molar-refractivity contribution in [3.63, 3.8) is 0 Å². The van der Waals surface area contributed by atoms with Crippen LogP contribution in [0.2, 0.25) is 0 Å². The highest BCUT2D eigenvalue weighted by Gasteiger charge is 2.64. The lowest BCUT2D eigenvalue weighted by Gasteiger charge is -2.57. The molecule has 2 heterocycles. The SMILES string of the molecule is O=C(CN[C@@H]1[C@H]2CCO[C@H]2C12CCCC2)NCc1ccco1. The van der Waals surface area contributed by atoms with Crippen molar-refractivity contribution in [1.82, 2.24) is 10.6 Å². The molecule has 1 saturated heterocycles. The Balaban J connectivity index is 1.30. The van der Waals surface area contributed by atoms with Crippen molar-refractivity contribution in [3.05, 3.63) is 24.2 Å². The van der Waals surface area contributed by atoms with Crippen molar-refractivity contribution >= 4 is 5.91 Å². The van der Waals surface area contributed by atoms with Crippen molar-refractivity contribution in [2.24, 2.45) is 11.3 Å². The van der Waals surface area contributed by atoms with E-state index >= 15 is 0 Å². The van der Waals surface area contributed by atoms with Gasteiger partial charge in [-0.25, -0.2) is 0 Å². The standard InChI is InChI=1S/C17H24N2O3/c20-14(18-10-12-4-3-8-21-12)11-19-15-13-5-9-22-16(13)17(15)6-1-2-7-17/h3-4,8,13,15-16,19H,1-2,5-7,9-11H2,(H,18,20)/t13-,15-,16-/m1/s1. The highest BCUT2D eigenvalue weighted by atomic mass is 16.5. The van der Waals surface area contributed by atoms with E-state index in [1.807, 2.05) is 12.1 Å². The number of furan rings is 1. The molecular weight excluding hydrogens is 280 g/mol. The van der Waals surface area contributed by atoms with Crippen LogP contribution in [0, 0.1) is 11.3 Å². The van der Waals surface area contributed by atoms with E-state index in [0.717, 1.165) is 18.8 Å². The fraction of sp³-hybridized carbons (Fsp3) is 0.706. The van der Waals surface area contributed by atoms with Gasteiger partial charge in [0.05, 0.1) is 25.5 Å². The highest BCUT2D eigenvalue weighted by Crippen LogP contribution is 2.60. The maximum Gasteiger partial charge on any atom is 0.234 e. The Morgan fingerprint density at radius 2 is 2.23 bits per heavy atom. The first-order valence-electron chi connectivity index (χ1n) is 8.44. The molecule has 0 radical (unpaired) electrons. The number of hydrogen-bond donors (Lipinski definition) is 2. The molecule has 0 aromatic carbocycles. The minimum absolute atomic E-state index is 0.0342. The van der Waals surface area contributed by atoms with Crippen molar-refractivity contribution < 1.29 is 13.9 Å². The number of carbonyl (C=O) groups is 1. The van der Waals surface area contributed by atoms with E-state index in [1.165, 1.54) is 25.7 Å². The van der Waals surface area contributed by atoms with Crippen LogP contribution in [0.3, 0.4) is 0 Å². The van der Waals surface area contributed by atoms with Gasteiger partial charge in [-0.05, 0) is 31.4 Å². The molecule has 120 valence electrons. The number of amides is 1. The summed E-state index contributed by atoms with van der Waals surface area (Å²) >= 11 is 0. The Morgan fingerprint density at radius 3 is 3.00 bits per heavy atom. The summed E-state index contributed by atoms with van der Waals surface area (Å²) in [5.74, 6) is 1.43. The van der Waals surface area contributed by atoms with Crippen LogP contribution in [0.1, 0.15) is 37.9 Å². The van der Waals surface area contributed by atoms with Crippen molar-refractivity contribution in [1.29, 1.82) is 0 Å². The zero-order valence-electron chi connectivity index (χ0n) is 12.8.